The van der Waals surface area contributed by atoms with E-state index in [1.807, 2.05) is 30.3 Å². The predicted octanol–water partition coefficient (Wildman–Crippen LogP) is 1.38. The van der Waals surface area contributed by atoms with Crippen LogP contribution in [0.3, 0.4) is 0 Å². The van der Waals surface area contributed by atoms with Gasteiger partial charge in [0.2, 0.25) is 12.2 Å². The van der Waals surface area contributed by atoms with Gasteiger partial charge in [-0.25, -0.2) is 4.79 Å². The van der Waals surface area contributed by atoms with Gasteiger partial charge in [0.1, 0.15) is 24.4 Å². The summed E-state index contributed by atoms with van der Waals surface area (Å²) < 4.78 is 22.8. The van der Waals surface area contributed by atoms with Crippen molar-refractivity contribution in [3.8, 4) is 11.5 Å². The lowest BCUT2D eigenvalue weighted by Gasteiger charge is -2.36. The van der Waals surface area contributed by atoms with E-state index in [9.17, 15) is 24.9 Å². The molecule has 10 nitrogen and oxygen atoms in total. The Balaban J connectivity index is 0.000000795. The second-order valence-corrected chi connectivity index (χ2v) is 8.13. The highest BCUT2D eigenvalue weighted by Gasteiger charge is 2.37. The highest BCUT2D eigenvalue weighted by atomic mass is 16.7. The van der Waals surface area contributed by atoms with Gasteiger partial charge >= 0.3 is 5.63 Å². The number of nitrogens with two attached hydrogens (primary N) is 1. The molecule has 35 heavy (non-hydrogen) atoms. The number of aryl methyl sites for hydroxylation is 1. The average Bonchev–Trinajstić information content (AvgIpc) is 2.80. The quantitative estimate of drug-likeness (QED) is 0.376. The number of ether oxygens (including phenoxy) is 3. The Morgan fingerprint density at radius 1 is 1.14 bits per heavy atom. The summed E-state index contributed by atoms with van der Waals surface area (Å²) in [5.41, 5.74) is 6.01. The summed E-state index contributed by atoms with van der Waals surface area (Å²) >= 11 is 0. The molecule has 0 spiro atoms. The molecule has 0 aliphatic carbocycles. The number of amides is 1. The first-order chi connectivity index (χ1) is 16.7. The first kappa shape index (κ1) is 26.2. The van der Waals surface area contributed by atoms with E-state index >= 15 is 0 Å². The molecule has 10 heteroatoms. The van der Waals surface area contributed by atoms with Crippen molar-refractivity contribution in [1.29, 1.82) is 0 Å². The third-order valence-corrected chi connectivity index (χ3v) is 5.23. The van der Waals surface area contributed by atoms with E-state index in [0.717, 1.165) is 5.56 Å². The standard InChI is InChI=1S/C23H24O8.C2H5NO/c1-13-7-21(26)29-17-10-18(28-12-14-5-3-2-4-6-14)19(8-15(13)17)30-22-9-16(25)23(27)20(11-24)31-22;1-2(3)4/h2-8,10,16,20,22-25,27H,9,11-12H2,1H3;1H3,(H2,3,4)/t16-,20-,22-,23+;/m1./s1. The maximum atomic E-state index is 11.8. The number of aliphatic hydroxyl groups excluding tert-OH is 3. The normalized spacial score (nSPS) is 21.6. The molecule has 2 aromatic carbocycles. The monoisotopic (exact) mass is 487 g/mol. The number of rotatable bonds is 6. The highest BCUT2D eigenvalue weighted by Crippen LogP contribution is 2.36. The fourth-order valence-electron chi connectivity index (χ4n) is 3.55. The summed E-state index contributed by atoms with van der Waals surface area (Å²) in [7, 11) is 0. The van der Waals surface area contributed by atoms with Crippen LogP contribution in [0.1, 0.15) is 24.5 Å². The second kappa shape index (κ2) is 11.8. The molecule has 1 saturated heterocycles. The number of aliphatic hydroxyl groups is 3. The molecule has 3 aromatic rings. The van der Waals surface area contributed by atoms with Gasteiger partial charge in [0.05, 0.1) is 12.7 Å². The molecule has 1 aliphatic heterocycles. The third kappa shape index (κ3) is 7.03. The van der Waals surface area contributed by atoms with Crippen molar-refractivity contribution in [2.75, 3.05) is 6.61 Å². The van der Waals surface area contributed by atoms with Gasteiger partial charge in [-0.15, -0.1) is 0 Å². The van der Waals surface area contributed by atoms with Crippen molar-refractivity contribution in [2.24, 2.45) is 5.73 Å². The molecule has 4 rings (SSSR count). The van der Waals surface area contributed by atoms with Crippen LogP contribution in [0.4, 0.5) is 0 Å². The van der Waals surface area contributed by atoms with Crippen molar-refractivity contribution < 1.29 is 38.7 Å². The van der Waals surface area contributed by atoms with Crippen LogP contribution in [0, 0.1) is 6.92 Å². The Hall–Kier alpha value is -3.44. The van der Waals surface area contributed by atoms with Crippen molar-refractivity contribution in [1.82, 2.24) is 0 Å². The van der Waals surface area contributed by atoms with Gasteiger partial charge in [0.25, 0.3) is 0 Å². The largest absolute Gasteiger partial charge is 0.485 e. The maximum absolute atomic E-state index is 11.8. The molecule has 0 bridgehead atoms. The highest BCUT2D eigenvalue weighted by molar-refractivity contribution is 5.83. The van der Waals surface area contributed by atoms with E-state index in [2.05, 4.69) is 5.73 Å². The van der Waals surface area contributed by atoms with Crippen LogP contribution in [-0.4, -0.2) is 52.4 Å². The van der Waals surface area contributed by atoms with Gasteiger partial charge in [-0.1, -0.05) is 30.3 Å². The molecule has 5 N–H and O–H groups in total. The second-order valence-electron chi connectivity index (χ2n) is 8.13. The van der Waals surface area contributed by atoms with Crippen LogP contribution in [0.25, 0.3) is 11.0 Å². The lowest BCUT2D eigenvalue weighted by Crippen LogP contribution is -2.51. The van der Waals surface area contributed by atoms with Gasteiger partial charge in [-0.3, -0.25) is 4.79 Å². The molecule has 1 aliphatic rings. The number of carbonyl (C=O) groups is 1. The minimum absolute atomic E-state index is 0.0106. The Bertz CT molecular complexity index is 1190. The maximum Gasteiger partial charge on any atom is 0.336 e. The smallest absolute Gasteiger partial charge is 0.336 e. The van der Waals surface area contributed by atoms with Crippen LogP contribution < -0.4 is 20.8 Å². The number of primary amides is 1. The number of benzene rings is 2. The van der Waals surface area contributed by atoms with Gasteiger partial charge in [0, 0.05) is 30.9 Å². The van der Waals surface area contributed by atoms with Gasteiger partial charge < -0.3 is 39.7 Å². The Morgan fingerprint density at radius 2 is 1.83 bits per heavy atom. The minimum atomic E-state index is -1.20. The van der Waals surface area contributed by atoms with Crippen LogP contribution in [0.15, 0.2) is 57.7 Å². The van der Waals surface area contributed by atoms with Gasteiger partial charge in [-0.2, -0.15) is 0 Å². The number of hydrogen-bond donors (Lipinski definition) is 4. The fourth-order valence-corrected chi connectivity index (χ4v) is 3.55. The lowest BCUT2D eigenvalue weighted by atomic mass is 10.0. The minimum Gasteiger partial charge on any atom is -0.485 e. The molecule has 4 atom stereocenters. The summed E-state index contributed by atoms with van der Waals surface area (Å²) in [4.78, 5) is 21.0. The molecule has 0 unspecified atom stereocenters. The van der Waals surface area contributed by atoms with E-state index in [4.69, 9.17) is 18.6 Å². The number of carbonyl (C=O) groups excluding carboxylic acids is 1. The van der Waals surface area contributed by atoms with E-state index in [1.165, 1.54) is 13.0 Å². The molecule has 188 valence electrons. The Kier molecular flexibility index (Phi) is 8.83. The van der Waals surface area contributed by atoms with Crippen LogP contribution in [-0.2, 0) is 16.1 Å². The van der Waals surface area contributed by atoms with Crippen LogP contribution in [0.5, 0.6) is 11.5 Å². The van der Waals surface area contributed by atoms with E-state index in [-0.39, 0.29) is 18.9 Å². The van der Waals surface area contributed by atoms with Crippen molar-refractivity contribution in [3.05, 3.63) is 70.1 Å². The van der Waals surface area contributed by atoms with Gasteiger partial charge in [0.15, 0.2) is 11.5 Å². The van der Waals surface area contributed by atoms with E-state index in [1.54, 1.807) is 19.1 Å². The molecule has 1 aromatic heterocycles. The lowest BCUT2D eigenvalue weighted by molar-refractivity contribution is -0.230. The van der Waals surface area contributed by atoms with E-state index < -0.39 is 36.8 Å². The number of hydrogen-bond acceptors (Lipinski definition) is 9. The van der Waals surface area contributed by atoms with Crippen molar-refractivity contribution in [3.63, 3.8) is 0 Å². The topological polar surface area (TPSA) is 162 Å². The predicted molar refractivity (Wildman–Crippen MR) is 126 cm³/mol. The van der Waals surface area contributed by atoms with Crippen LogP contribution >= 0.6 is 0 Å². The van der Waals surface area contributed by atoms with Crippen molar-refractivity contribution in [2.45, 2.75) is 51.5 Å². The molecule has 1 fully saturated rings. The summed E-state index contributed by atoms with van der Waals surface area (Å²) in [6.45, 7) is 2.88. The van der Waals surface area contributed by atoms with Crippen LogP contribution in [0.2, 0.25) is 0 Å². The summed E-state index contributed by atoms with van der Waals surface area (Å²) in [6, 6.07) is 14.2. The molecular weight excluding hydrogens is 458 g/mol. The zero-order valence-electron chi connectivity index (χ0n) is 19.4. The third-order valence-electron chi connectivity index (χ3n) is 5.23. The van der Waals surface area contributed by atoms with Gasteiger partial charge in [-0.05, 0) is 24.1 Å². The first-order valence-electron chi connectivity index (χ1n) is 11.0. The summed E-state index contributed by atoms with van der Waals surface area (Å²) in [5.74, 6) is 0.320. The number of fused-ring (bicyclic) bond motifs is 1. The fraction of sp³-hybridized carbons (Fsp3) is 0.360. The summed E-state index contributed by atoms with van der Waals surface area (Å²) in [5, 5.41) is 30.1. The average molecular weight is 488 g/mol. The first-order valence-corrected chi connectivity index (χ1v) is 11.0. The van der Waals surface area contributed by atoms with E-state index in [0.29, 0.717) is 28.0 Å². The molecule has 2 heterocycles. The Labute approximate surface area is 201 Å². The zero-order valence-corrected chi connectivity index (χ0v) is 19.4. The molecule has 0 saturated carbocycles. The van der Waals surface area contributed by atoms with Crippen molar-refractivity contribution >= 4 is 16.9 Å². The molecule has 0 radical (unpaired) electrons. The summed E-state index contributed by atoms with van der Waals surface area (Å²) in [6.07, 6.45) is -4.18. The SMILES string of the molecule is CC(N)=O.Cc1cc(=O)oc2cc(OCc3ccccc3)c(O[C@H]3C[C@@H](O)[C@H](O)[C@@H](CO)O3)cc12. The Morgan fingerprint density at radius 3 is 2.49 bits per heavy atom. The molecule has 1 amide bonds. The zero-order chi connectivity index (χ0) is 25.5. The molecular formula is C25H29NO9.